The van der Waals surface area contributed by atoms with Crippen LogP contribution >= 0.6 is 9.24 Å². The summed E-state index contributed by atoms with van der Waals surface area (Å²) < 4.78 is 38.0. The highest BCUT2D eigenvalue weighted by Crippen LogP contribution is 2.36. The smallest absolute Gasteiger partial charge is 0.206 e. The van der Waals surface area contributed by atoms with Crippen molar-refractivity contribution < 1.29 is 13.2 Å². The fourth-order valence-corrected chi connectivity index (χ4v) is 1.12. The van der Waals surface area contributed by atoms with Gasteiger partial charge in [-0.15, -0.1) is 0 Å². The van der Waals surface area contributed by atoms with E-state index in [1.807, 2.05) is 13.8 Å². The molecule has 0 bridgehead atoms. The second-order valence-corrected chi connectivity index (χ2v) is 3.33. The maximum atomic E-state index is 12.8. The van der Waals surface area contributed by atoms with Crippen molar-refractivity contribution in [2.24, 2.45) is 0 Å². The van der Waals surface area contributed by atoms with Gasteiger partial charge >= 0.3 is 0 Å². The molecule has 1 rings (SSSR count). The largest absolute Gasteiger partial charge is 0.286 e. The van der Waals surface area contributed by atoms with Crippen LogP contribution in [0.5, 0.6) is 0 Å². The molecule has 14 heavy (non-hydrogen) atoms. The molecule has 0 saturated heterocycles. The number of rotatable bonds is 1. The number of aryl methyl sites for hydroxylation is 1. The van der Waals surface area contributed by atoms with Gasteiger partial charge in [-0.1, -0.05) is 34.7 Å². The molecule has 0 aliphatic carbocycles. The van der Waals surface area contributed by atoms with Gasteiger partial charge in [0.15, 0.2) is 0 Å². The molecule has 0 spiro atoms. The molecule has 0 N–H and O–H groups in total. The van der Waals surface area contributed by atoms with E-state index in [2.05, 4.69) is 0 Å². The molecule has 1 aromatic rings. The lowest BCUT2D eigenvalue weighted by Crippen LogP contribution is -2.05. The van der Waals surface area contributed by atoms with E-state index in [1.165, 1.54) is 15.3 Å². The summed E-state index contributed by atoms with van der Waals surface area (Å²) in [5, 5.41) is 0. The van der Waals surface area contributed by atoms with E-state index < -0.39 is 17.0 Å². The predicted molar refractivity (Wildman–Crippen MR) is 56.1 cm³/mol. The van der Waals surface area contributed by atoms with Crippen LogP contribution in [0.4, 0.5) is 13.2 Å². The summed E-state index contributed by atoms with van der Waals surface area (Å²) in [4.78, 5) is 0. The third kappa shape index (κ3) is 3.67. The van der Waals surface area contributed by atoms with Crippen LogP contribution in [0.1, 0.15) is 25.0 Å². The van der Waals surface area contributed by atoms with Gasteiger partial charge in [0.25, 0.3) is 5.66 Å². The zero-order valence-electron chi connectivity index (χ0n) is 8.44. The minimum atomic E-state index is -3.18. The Morgan fingerprint density at radius 1 is 1.21 bits per heavy atom. The van der Waals surface area contributed by atoms with E-state index in [0.717, 1.165) is 12.1 Å². The molecule has 1 unspecified atom stereocenters. The number of hydrogen-bond acceptors (Lipinski definition) is 0. The summed E-state index contributed by atoms with van der Waals surface area (Å²) >= 11 is 0. The Bertz CT molecular complexity index is 292. The standard InChI is InChI=1S/C8H8F3P.C2H6/c1-5-2-3-7(9)6(4-5)8(10,11)12;1-2/h2-4H,12H2,1H3;1-2H3. The van der Waals surface area contributed by atoms with Crippen molar-refractivity contribution in [2.45, 2.75) is 26.4 Å². The topological polar surface area (TPSA) is 0 Å². The third-order valence-corrected chi connectivity index (χ3v) is 1.79. The quantitative estimate of drug-likeness (QED) is 0.628. The Balaban J connectivity index is 0.000000791. The van der Waals surface area contributed by atoms with Gasteiger partial charge in [-0.05, 0) is 19.1 Å². The van der Waals surface area contributed by atoms with Crippen LogP contribution in [0.3, 0.4) is 0 Å². The van der Waals surface area contributed by atoms with E-state index in [-0.39, 0.29) is 0 Å². The summed E-state index contributed by atoms with van der Waals surface area (Å²) in [6.45, 7) is 5.64. The van der Waals surface area contributed by atoms with Gasteiger partial charge in [-0.3, -0.25) is 0 Å². The molecule has 0 heterocycles. The van der Waals surface area contributed by atoms with Crippen molar-refractivity contribution in [2.75, 3.05) is 0 Å². The molecule has 0 aromatic heterocycles. The highest BCUT2D eigenvalue weighted by atomic mass is 31.0. The maximum absolute atomic E-state index is 12.8. The van der Waals surface area contributed by atoms with Crippen molar-refractivity contribution in [1.29, 1.82) is 0 Å². The van der Waals surface area contributed by atoms with E-state index in [1.54, 1.807) is 6.92 Å². The van der Waals surface area contributed by atoms with Crippen LogP contribution in [-0.2, 0) is 5.66 Å². The summed E-state index contributed by atoms with van der Waals surface area (Å²) in [5.41, 5.74) is -3.14. The van der Waals surface area contributed by atoms with Crippen LogP contribution < -0.4 is 0 Å². The van der Waals surface area contributed by atoms with Gasteiger partial charge in [-0.2, -0.15) is 8.78 Å². The minimum absolute atomic E-state index is 0.576. The molecule has 0 fully saturated rings. The zero-order valence-corrected chi connectivity index (χ0v) is 9.60. The molecule has 0 amide bonds. The monoisotopic (exact) mass is 222 g/mol. The molecule has 0 nitrogen and oxygen atoms in total. The minimum Gasteiger partial charge on any atom is -0.206 e. The lowest BCUT2D eigenvalue weighted by atomic mass is 10.1. The Kier molecular flexibility index (Phi) is 5.14. The zero-order chi connectivity index (χ0) is 11.4. The summed E-state index contributed by atoms with van der Waals surface area (Å²) in [6.07, 6.45) is 0. The molecule has 1 aromatic carbocycles. The molecule has 0 radical (unpaired) electrons. The highest BCUT2D eigenvalue weighted by molar-refractivity contribution is 7.17. The summed E-state index contributed by atoms with van der Waals surface area (Å²) in [5.74, 6) is -0.874. The van der Waals surface area contributed by atoms with Crippen molar-refractivity contribution in [3.05, 3.63) is 35.1 Å². The Morgan fingerprint density at radius 2 is 1.71 bits per heavy atom. The van der Waals surface area contributed by atoms with E-state index in [0.29, 0.717) is 5.56 Å². The Labute approximate surface area is 84.7 Å². The first-order valence-corrected chi connectivity index (χ1v) is 4.92. The van der Waals surface area contributed by atoms with Crippen molar-refractivity contribution in [1.82, 2.24) is 0 Å². The first-order chi connectivity index (χ1) is 6.41. The Hall–Kier alpha value is -0.560. The molecule has 1 atom stereocenters. The van der Waals surface area contributed by atoms with Crippen LogP contribution in [0.2, 0.25) is 0 Å². The van der Waals surface area contributed by atoms with Crippen LogP contribution in [-0.4, -0.2) is 0 Å². The average molecular weight is 222 g/mol. The molecule has 80 valence electrons. The molecular formula is C10H14F3P. The van der Waals surface area contributed by atoms with Gasteiger partial charge in [0.2, 0.25) is 0 Å². The molecular weight excluding hydrogens is 208 g/mol. The van der Waals surface area contributed by atoms with Crippen molar-refractivity contribution in [3.63, 3.8) is 0 Å². The summed E-state index contributed by atoms with van der Waals surface area (Å²) in [7, 11) is 1.31. The first kappa shape index (κ1) is 13.4. The molecule has 0 saturated carbocycles. The van der Waals surface area contributed by atoms with Gasteiger partial charge in [0.05, 0.1) is 5.56 Å². The fraction of sp³-hybridized carbons (Fsp3) is 0.400. The average Bonchev–Trinajstić information content (AvgIpc) is 2.11. The van der Waals surface area contributed by atoms with Gasteiger partial charge in [0.1, 0.15) is 5.82 Å². The molecule has 0 aliphatic heterocycles. The highest BCUT2D eigenvalue weighted by Gasteiger charge is 2.27. The second-order valence-electron chi connectivity index (χ2n) is 2.61. The molecule has 4 heteroatoms. The number of alkyl halides is 2. The third-order valence-electron chi connectivity index (χ3n) is 1.48. The van der Waals surface area contributed by atoms with Crippen molar-refractivity contribution >= 4 is 9.24 Å². The second kappa shape index (κ2) is 5.35. The van der Waals surface area contributed by atoms with Gasteiger partial charge in [-0.25, -0.2) is 4.39 Å². The molecule has 0 aliphatic rings. The normalized spacial score (nSPS) is 10.5. The van der Waals surface area contributed by atoms with Crippen LogP contribution in [0.15, 0.2) is 18.2 Å². The van der Waals surface area contributed by atoms with E-state index in [4.69, 9.17) is 0 Å². The number of benzene rings is 1. The van der Waals surface area contributed by atoms with E-state index >= 15 is 0 Å². The lowest BCUT2D eigenvalue weighted by molar-refractivity contribution is 0.0991. The maximum Gasteiger partial charge on any atom is 0.286 e. The van der Waals surface area contributed by atoms with Crippen molar-refractivity contribution in [3.8, 4) is 0 Å². The SMILES string of the molecule is CC.Cc1ccc(F)c(C(F)(F)P)c1. The van der Waals surface area contributed by atoms with Gasteiger partial charge < -0.3 is 0 Å². The lowest BCUT2D eigenvalue weighted by Gasteiger charge is -2.11. The summed E-state index contributed by atoms with van der Waals surface area (Å²) in [6, 6.07) is 3.64. The number of hydrogen-bond donors (Lipinski definition) is 0. The van der Waals surface area contributed by atoms with Crippen LogP contribution in [0, 0.1) is 12.7 Å². The number of halogens is 3. The van der Waals surface area contributed by atoms with Gasteiger partial charge in [0, 0.05) is 0 Å². The fourth-order valence-electron chi connectivity index (χ4n) is 0.895. The first-order valence-electron chi connectivity index (χ1n) is 4.34. The van der Waals surface area contributed by atoms with E-state index in [9.17, 15) is 13.2 Å². The van der Waals surface area contributed by atoms with Crippen LogP contribution in [0.25, 0.3) is 0 Å². The predicted octanol–water partition coefficient (Wildman–Crippen LogP) is 4.08. The Morgan fingerprint density at radius 3 is 2.07 bits per heavy atom.